The number of H-pyrrole nitrogens is 1. The van der Waals surface area contributed by atoms with Gasteiger partial charge in [0.2, 0.25) is 0 Å². The van der Waals surface area contributed by atoms with Gasteiger partial charge in [0.15, 0.2) is 4.77 Å². The van der Waals surface area contributed by atoms with Crippen LogP contribution in [0.15, 0.2) is 48.8 Å². The molecule has 0 atom stereocenters. The Hall–Kier alpha value is -1.61. The summed E-state index contributed by atoms with van der Waals surface area (Å²) in [5.41, 5.74) is 1.21. The molecule has 0 spiro atoms. The summed E-state index contributed by atoms with van der Waals surface area (Å²) >= 11 is 5.09. The molecule has 3 heteroatoms. The molecule has 1 aromatic heterocycles. The molecule has 1 heterocycles. The molecule has 15 heavy (non-hydrogen) atoms. The lowest BCUT2D eigenvalue weighted by Crippen LogP contribution is -1.91. The lowest BCUT2D eigenvalue weighted by atomic mass is 10.2. The first-order valence-electron chi connectivity index (χ1n) is 4.82. The number of aromatic amines is 1. The molecule has 0 fully saturated rings. The lowest BCUT2D eigenvalue weighted by Gasteiger charge is -1.95. The Kier molecular flexibility index (Phi) is 3.15. The van der Waals surface area contributed by atoms with Crippen molar-refractivity contribution in [3.63, 3.8) is 0 Å². The summed E-state index contributed by atoms with van der Waals surface area (Å²) in [5.74, 6) is 0. The van der Waals surface area contributed by atoms with Crippen molar-refractivity contribution in [3.05, 3.63) is 59.1 Å². The predicted octanol–water partition coefficient (Wildman–Crippen LogP) is 3.26. The van der Waals surface area contributed by atoms with Gasteiger partial charge in [-0.1, -0.05) is 42.5 Å². The van der Waals surface area contributed by atoms with Crippen LogP contribution < -0.4 is 0 Å². The first kappa shape index (κ1) is 9.93. The summed E-state index contributed by atoms with van der Waals surface area (Å²) in [5, 5.41) is 0. The van der Waals surface area contributed by atoms with E-state index in [0.29, 0.717) is 0 Å². The molecule has 0 bridgehead atoms. The Morgan fingerprint density at radius 1 is 1.27 bits per heavy atom. The first-order valence-corrected chi connectivity index (χ1v) is 5.22. The average Bonchev–Trinajstić information content (AvgIpc) is 2.66. The average molecular weight is 216 g/mol. The molecule has 0 aliphatic heterocycles. The van der Waals surface area contributed by atoms with Crippen molar-refractivity contribution in [1.29, 1.82) is 0 Å². The van der Waals surface area contributed by atoms with E-state index in [1.807, 2.05) is 35.2 Å². The van der Waals surface area contributed by atoms with E-state index in [9.17, 15) is 0 Å². The third-order valence-electron chi connectivity index (χ3n) is 2.13. The molecule has 0 saturated carbocycles. The van der Waals surface area contributed by atoms with Crippen molar-refractivity contribution in [1.82, 2.24) is 9.55 Å². The number of hydrogen-bond donors (Lipinski definition) is 1. The van der Waals surface area contributed by atoms with Gasteiger partial charge in [0.25, 0.3) is 0 Å². The molecule has 0 aliphatic rings. The van der Waals surface area contributed by atoms with Crippen LogP contribution in [0.3, 0.4) is 0 Å². The van der Waals surface area contributed by atoms with E-state index in [-0.39, 0.29) is 0 Å². The largest absolute Gasteiger partial charge is 0.337 e. The second-order valence-electron chi connectivity index (χ2n) is 3.23. The quantitative estimate of drug-likeness (QED) is 0.781. The summed E-state index contributed by atoms with van der Waals surface area (Å²) in [6.07, 6.45) is 7.98. The molecule has 2 aromatic rings. The second-order valence-corrected chi connectivity index (χ2v) is 3.62. The van der Waals surface area contributed by atoms with Gasteiger partial charge < -0.3 is 9.55 Å². The standard InChI is InChI=1S/C12H12N2S/c15-12-13-8-10-14(12)9-4-7-11-5-2-1-3-6-11/h1-8,10H,9H2,(H,13,15)/b7-4+. The monoisotopic (exact) mass is 216 g/mol. The van der Waals surface area contributed by atoms with Crippen LogP contribution in [-0.4, -0.2) is 9.55 Å². The fourth-order valence-electron chi connectivity index (χ4n) is 1.36. The van der Waals surface area contributed by atoms with Crippen LogP contribution >= 0.6 is 12.2 Å². The Morgan fingerprint density at radius 2 is 2.07 bits per heavy atom. The number of aromatic nitrogens is 2. The van der Waals surface area contributed by atoms with Gasteiger partial charge >= 0.3 is 0 Å². The minimum absolute atomic E-state index is 0.757. The molecule has 0 aliphatic carbocycles. The van der Waals surface area contributed by atoms with Crippen LogP contribution in [0.4, 0.5) is 0 Å². The number of nitrogens with zero attached hydrogens (tertiary/aromatic N) is 1. The molecular weight excluding hydrogens is 204 g/mol. The molecule has 1 aromatic carbocycles. The normalized spacial score (nSPS) is 10.9. The van der Waals surface area contributed by atoms with E-state index in [1.165, 1.54) is 5.56 Å². The van der Waals surface area contributed by atoms with Crippen LogP contribution in [0.5, 0.6) is 0 Å². The first-order chi connectivity index (χ1) is 7.36. The van der Waals surface area contributed by atoms with E-state index < -0.39 is 0 Å². The maximum absolute atomic E-state index is 5.09. The van der Waals surface area contributed by atoms with Crippen molar-refractivity contribution in [2.45, 2.75) is 6.54 Å². The topological polar surface area (TPSA) is 20.7 Å². The fraction of sp³-hybridized carbons (Fsp3) is 0.0833. The van der Waals surface area contributed by atoms with Crippen LogP contribution in [0.2, 0.25) is 0 Å². The maximum Gasteiger partial charge on any atom is 0.177 e. The molecule has 2 rings (SSSR count). The van der Waals surface area contributed by atoms with Gasteiger partial charge in [0, 0.05) is 18.9 Å². The molecule has 2 nitrogen and oxygen atoms in total. The van der Waals surface area contributed by atoms with Gasteiger partial charge in [0.05, 0.1) is 0 Å². The SMILES string of the molecule is S=c1[nH]ccn1C/C=C/c1ccccc1. The third-order valence-corrected chi connectivity index (χ3v) is 2.49. The Bertz CT molecular complexity index is 494. The number of imidazole rings is 1. The van der Waals surface area contributed by atoms with E-state index >= 15 is 0 Å². The zero-order valence-corrected chi connectivity index (χ0v) is 9.08. The van der Waals surface area contributed by atoms with Gasteiger partial charge in [-0.25, -0.2) is 0 Å². The minimum atomic E-state index is 0.757. The van der Waals surface area contributed by atoms with Gasteiger partial charge in [-0.2, -0.15) is 0 Å². The zero-order chi connectivity index (χ0) is 10.5. The molecule has 0 unspecified atom stereocenters. The smallest absolute Gasteiger partial charge is 0.177 e. The molecule has 0 amide bonds. The fourth-order valence-corrected chi connectivity index (χ4v) is 1.56. The van der Waals surface area contributed by atoms with E-state index in [0.717, 1.165) is 11.3 Å². The zero-order valence-electron chi connectivity index (χ0n) is 8.26. The van der Waals surface area contributed by atoms with Gasteiger partial charge in [0.1, 0.15) is 0 Å². The number of rotatable bonds is 3. The summed E-state index contributed by atoms with van der Waals surface area (Å²) < 4.78 is 2.74. The summed E-state index contributed by atoms with van der Waals surface area (Å²) in [6, 6.07) is 10.2. The van der Waals surface area contributed by atoms with E-state index in [4.69, 9.17) is 12.2 Å². The maximum atomic E-state index is 5.09. The second kappa shape index (κ2) is 4.75. The summed E-state index contributed by atoms with van der Waals surface area (Å²) in [6.45, 7) is 0.803. The van der Waals surface area contributed by atoms with Crippen molar-refractivity contribution in [2.24, 2.45) is 0 Å². The minimum Gasteiger partial charge on any atom is -0.337 e. The highest BCUT2D eigenvalue weighted by Crippen LogP contribution is 2.01. The molecular formula is C12H12N2S. The highest BCUT2D eigenvalue weighted by Gasteiger charge is 1.88. The van der Waals surface area contributed by atoms with Crippen LogP contribution in [-0.2, 0) is 6.54 Å². The highest BCUT2D eigenvalue weighted by molar-refractivity contribution is 7.71. The van der Waals surface area contributed by atoms with Gasteiger partial charge in [-0.3, -0.25) is 0 Å². The Balaban J connectivity index is 2.03. The van der Waals surface area contributed by atoms with Crippen LogP contribution in [0.25, 0.3) is 6.08 Å². The summed E-state index contributed by atoms with van der Waals surface area (Å²) in [4.78, 5) is 2.96. The van der Waals surface area contributed by atoms with Crippen LogP contribution in [0, 0.1) is 4.77 Å². The molecule has 1 N–H and O–H groups in total. The van der Waals surface area contributed by atoms with Crippen molar-refractivity contribution >= 4 is 18.3 Å². The van der Waals surface area contributed by atoms with E-state index in [1.54, 1.807) is 0 Å². The Morgan fingerprint density at radius 3 is 2.73 bits per heavy atom. The number of allylic oxidation sites excluding steroid dienone is 1. The lowest BCUT2D eigenvalue weighted by molar-refractivity contribution is 0.808. The van der Waals surface area contributed by atoms with Crippen molar-refractivity contribution in [2.75, 3.05) is 0 Å². The third kappa shape index (κ3) is 2.67. The van der Waals surface area contributed by atoms with E-state index in [2.05, 4.69) is 29.3 Å². The molecule has 76 valence electrons. The van der Waals surface area contributed by atoms with Gasteiger partial charge in [-0.15, -0.1) is 0 Å². The van der Waals surface area contributed by atoms with Gasteiger partial charge in [-0.05, 0) is 17.8 Å². The Labute approximate surface area is 93.9 Å². The molecule has 0 saturated heterocycles. The highest BCUT2D eigenvalue weighted by atomic mass is 32.1. The summed E-state index contributed by atoms with van der Waals surface area (Å²) in [7, 11) is 0. The van der Waals surface area contributed by atoms with Crippen LogP contribution in [0.1, 0.15) is 5.56 Å². The number of hydrogen-bond acceptors (Lipinski definition) is 1. The predicted molar refractivity (Wildman–Crippen MR) is 65.1 cm³/mol. The van der Waals surface area contributed by atoms with Crippen molar-refractivity contribution in [3.8, 4) is 0 Å². The van der Waals surface area contributed by atoms with Crippen molar-refractivity contribution < 1.29 is 0 Å². The number of nitrogens with one attached hydrogen (secondary N) is 1. The molecule has 0 radical (unpaired) electrons. The number of benzene rings is 1.